The minimum Gasteiger partial charge on any atom is -0.393 e. The number of nitrogens with one attached hydrogen (secondary N) is 1. The summed E-state index contributed by atoms with van der Waals surface area (Å²) in [6.45, 7) is -2.83. The number of carbonyl (C=O) groups is 1. The van der Waals surface area contributed by atoms with Gasteiger partial charge in [0.1, 0.15) is 29.5 Å². The van der Waals surface area contributed by atoms with E-state index in [9.17, 15) is 35.4 Å². The normalized spacial score (nSPS) is 18.2. The molecule has 3 aromatic rings. The summed E-state index contributed by atoms with van der Waals surface area (Å²) in [6.07, 6.45) is 1.59. The highest BCUT2D eigenvalue weighted by Crippen LogP contribution is 2.39. The van der Waals surface area contributed by atoms with E-state index < -0.39 is 37.1 Å². The summed E-state index contributed by atoms with van der Waals surface area (Å²) in [6, 6.07) is 15.3. The number of aliphatic hydroxyl groups is 6. The van der Waals surface area contributed by atoms with Crippen LogP contribution in [-0.4, -0.2) is 88.9 Å². The Morgan fingerprint density at radius 3 is 2.05 bits per heavy atom. The number of hydrogen-bond donors (Lipinski definition) is 7. The second kappa shape index (κ2) is 11.7. The van der Waals surface area contributed by atoms with Crippen molar-refractivity contribution in [3.63, 3.8) is 0 Å². The van der Waals surface area contributed by atoms with Crippen LogP contribution in [0.2, 0.25) is 0 Å². The van der Waals surface area contributed by atoms with Crippen molar-refractivity contribution in [3.05, 3.63) is 77.4 Å². The van der Waals surface area contributed by atoms with Crippen molar-refractivity contribution in [3.8, 4) is 0 Å². The van der Waals surface area contributed by atoms with Gasteiger partial charge in [0.05, 0.1) is 32.3 Å². The van der Waals surface area contributed by atoms with Gasteiger partial charge in [-0.15, -0.1) is 0 Å². The molecular formula is C27H34N4O7. The van der Waals surface area contributed by atoms with Gasteiger partial charge in [0.15, 0.2) is 0 Å². The molecule has 1 aliphatic heterocycles. The van der Waals surface area contributed by atoms with Gasteiger partial charge in [-0.05, 0) is 48.1 Å². The molecule has 204 valence electrons. The predicted octanol–water partition coefficient (Wildman–Crippen LogP) is -0.199. The number of aliphatic hydroxyl groups excluding tert-OH is 4. The van der Waals surface area contributed by atoms with Crippen LogP contribution < -0.4 is 4.90 Å². The second-order valence-electron chi connectivity index (χ2n) is 9.91. The first-order valence-corrected chi connectivity index (χ1v) is 12.5. The highest BCUT2D eigenvalue weighted by molar-refractivity contribution is 6.01. The molecule has 0 spiro atoms. The Kier molecular flexibility index (Phi) is 8.56. The van der Waals surface area contributed by atoms with E-state index in [-0.39, 0.29) is 24.8 Å². The Morgan fingerprint density at radius 2 is 1.50 bits per heavy atom. The summed E-state index contributed by atoms with van der Waals surface area (Å²) in [5, 5.41) is 66.2. The van der Waals surface area contributed by atoms with Crippen LogP contribution in [0.15, 0.2) is 54.9 Å². The number of rotatable bonds is 13. The Morgan fingerprint density at radius 1 is 0.895 bits per heavy atom. The molecule has 1 fully saturated rings. The van der Waals surface area contributed by atoms with Crippen molar-refractivity contribution in [1.82, 2.24) is 15.2 Å². The molecule has 2 heterocycles. The number of aromatic nitrogens is 3. The lowest BCUT2D eigenvalue weighted by Crippen LogP contribution is -2.62. The summed E-state index contributed by atoms with van der Waals surface area (Å²) < 4.78 is 0. The molecule has 0 bridgehead atoms. The maximum absolute atomic E-state index is 12.5. The number of β-lactam (4-membered cyclic amide) rings is 1. The quantitative estimate of drug-likeness (QED) is 0.148. The molecule has 2 aromatic carbocycles. The molecule has 0 aliphatic carbocycles. The SMILES string of the molecule is O=C1CC(c2ccc(CCC(O)(CO)C(O)C(O)(CO)CO)cc2)N1c1ccc(CCc2ncn[nH]2)cc1. The van der Waals surface area contributed by atoms with Gasteiger partial charge in [-0.25, -0.2) is 4.98 Å². The van der Waals surface area contributed by atoms with E-state index in [0.29, 0.717) is 6.42 Å². The summed E-state index contributed by atoms with van der Waals surface area (Å²) in [5.41, 5.74) is -0.773. The third kappa shape index (κ3) is 5.78. The molecule has 38 heavy (non-hydrogen) atoms. The van der Waals surface area contributed by atoms with E-state index in [0.717, 1.165) is 41.0 Å². The van der Waals surface area contributed by atoms with Gasteiger partial charge in [-0.3, -0.25) is 9.89 Å². The van der Waals surface area contributed by atoms with Crippen LogP contribution in [0.1, 0.15) is 41.4 Å². The molecule has 4 rings (SSSR count). The third-order valence-electron chi connectivity index (χ3n) is 7.33. The smallest absolute Gasteiger partial charge is 0.230 e. The maximum atomic E-state index is 12.5. The lowest BCUT2D eigenvalue weighted by Gasteiger charge is -2.41. The van der Waals surface area contributed by atoms with E-state index in [1.165, 1.54) is 6.33 Å². The largest absolute Gasteiger partial charge is 0.393 e. The number of amides is 1. The van der Waals surface area contributed by atoms with Crippen LogP contribution in [-0.2, 0) is 24.1 Å². The van der Waals surface area contributed by atoms with Crippen molar-refractivity contribution in [2.75, 3.05) is 24.7 Å². The Hall–Kier alpha value is -3.19. The number of aryl methyl sites for hydroxylation is 3. The molecule has 1 saturated heterocycles. The van der Waals surface area contributed by atoms with Gasteiger partial charge in [0.25, 0.3) is 0 Å². The van der Waals surface area contributed by atoms with E-state index in [4.69, 9.17) is 0 Å². The topological polar surface area (TPSA) is 183 Å². The van der Waals surface area contributed by atoms with Gasteiger partial charge in [-0.2, -0.15) is 5.10 Å². The number of hydrogen-bond acceptors (Lipinski definition) is 9. The zero-order valence-corrected chi connectivity index (χ0v) is 20.9. The number of anilines is 1. The first kappa shape index (κ1) is 27.8. The first-order chi connectivity index (χ1) is 18.2. The molecule has 11 heteroatoms. The van der Waals surface area contributed by atoms with E-state index in [2.05, 4.69) is 15.2 Å². The Labute approximate surface area is 220 Å². The minimum absolute atomic E-state index is 0.0377. The summed E-state index contributed by atoms with van der Waals surface area (Å²) in [5.74, 6) is 0.861. The molecule has 7 N–H and O–H groups in total. The number of benzene rings is 2. The summed E-state index contributed by atoms with van der Waals surface area (Å²) >= 11 is 0. The van der Waals surface area contributed by atoms with Crippen LogP contribution in [0.3, 0.4) is 0 Å². The fourth-order valence-corrected chi connectivity index (χ4v) is 4.74. The average Bonchev–Trinajstić information content (AvgIpc) is 3.47. The fourth-order valence-electron chi connectivity index (χ4n) is 4.74. The van der Waals surface area contributed by atoms with Crippen molar-refractivity contribution >= 4 is 11.6 Å². The number of aromatic amines is 1. The Bertz CT molecular complexity index is 1180. The van der Waals surface area contributed by atoms with Gasteiger partial charge >= 0.3 is 0 Å². The van der Waals surface area contributed by atoms with Gasteiger partial charge in [-0.1, -0.05) is 36.4 Å². The van der Waals surface area contributed by atoms with Crippen molar-refractivity contribution in [2.24, 2.45) is 0 Å². The number of nitrogens with zero attached hydrogens (tertiary/aromatic N) is 3. The van der Waals surface area contributed by atoms with Crippen LogP contribution >= 0.6 is 0 Å². The monoisotopic (exact) mass is 526 g/mol. The average molecular weight is 527 g/mol. The first-order valence-electron chi connectivity index (χ1n) is 12.5. The minimum atomic E-state index is -2.35. The third-order valence-corrected chi connectivity index (χ3v) is 7.33. The second-order valence-corrected chi connectivity index (χ2v) is 9.91. The molecule has 1 aromatic heterocycles. The highest BCUT2D eigenvalue weighted by atomic mass is 16.4. The van der Waals surface area contributed by atoms with Crippen molar-refractivity contribution in [2.45, 2.75) is 55.5 Å². The van der Waals surface area contributed by atoms with E-state index in [1.54, 1.807) is 4.90 Å². The van der Waals surface area contributed by atoms with Gasteiger partial charge in [0, 0.05) is 12.1 Å². The zero-order chi connectivity index (χ0) is 27.3. The van der Waals surface area contributed by atoms with Crippen molar-refractivity contribution < 1.29 is 35.4 Å². The Balaban J connectivity index is 1.37. The summed E-state index contributed by atoms with van der Waals surface area (Å²) in [7, 11) is 0. The molecule has 3 unspecified atom stereocenters. The standard InChI is InChI=1S/C27H34N4O7/c32-14-26(37,25(36)27(38,15-33)16-34)12-11-19-1-6-20(7-2-19)22-13-24(35)31(22)21-8-3-18(4-9-21)5-10-23-28-17-29-30-23/h1-4,6-9,17,22,25,32-34,36-38H,5,10-16H2,(H,28,29,30). The lowest BCUT2D eigenvalue weighted by atomic mass is 9.81. The highest BCUT2D eigenvalue weighted by Gasteiger charge is 2.48. The van der Waals surface area contributed by atoms with Crippen molar-refractivity contribution in [1.29, 1.82) is 0 Å². The molecule has 0 saturated carbocycles. The van der Waals surface area contributed by atoms with E-state index in [1.807, 2.05) is 48.5 Å². The molecule has 3 atom stereocenters. The van der Waals surface area contributed by atoms with Crippen LogP contribution in [0.4, 0.5) is 5.69 Å². The number of carbonyl (C=O) groups excluding carboxylic acids is 1. The zero-order valence-electron chi connectivity index (χ0n) is 20.9. The molecule has 0 radical (unpaired) electrons. The summed E-state index contributed by atoms with van der Waals surface area (Å²) in [4.78, 5) is 18.4. The lowest BCUT2D eigenvalue weighted by molar-refractivity contribution is -0.212. The van der Waals surface area contributed by atoms with Gasteiger partial charge < -0.3 is 35.5 Å². The van der Waals surface area contributed by atoms with Crippen LogP contribution in [0.25, 0.3) is 0 Å². The number of H-pyrrole nitrogens is 1. The predicted molar refractivity (Wildman–Crippen MR) is 137 cm³/mol. The molecule has 1 aliphatic rings. The van der Waals surface area contributed by atoms with E-state index >= 15 is 0 Å². The van der Waals surface area contributed by atoms with Crippen LogP contribution in [0, 0.1) is 0 Å². The van der Waals surface area contributed by atoms with Crippen LogP contribution in [0.5, 0.6) is 0 Å². The molecular weight excluding hydrogens is 492 g/mol. The fraction of sp³-hybridized carbons (Fsp3) is 0.444. The van der Waals surface area contributed by atoms with Gasteiger partial charge in [0.2, 0.25) is 5.91 Å². The maximum Gasteiger partial charge on any atom is 0.230 e. The molecule has 1 amide bonds. The molecule has 11 nitrogen and oxygen atoms in total.